The van der Waals surface area contributed by atoms with E-state index in [2.05, 4.69) is 0 Å². The van der Waals surface area contributed by atoms with Gasteiger partial charge in [-0.3, -0.25) is 4.79 Å². The third kappa shape index (κ3) is 2.64. The Balaban J connectivity index is 2.42. The smallest absolute Gasteiger partial charge is 0.261 e. The minimum absolute atomic E-state index is 0.0482. The van der Waals surface area contributed by atoms with Gasteiger partial charge in [-0.1, -0.05) is 18.2 Å². The second-order valence-electron chi connectivity index (χ2n) is 4.50. The highest BCUT2D eigenvalue weighted by Gasteiger charge is 2.20. The van der Waals surface area contributed by atoms with Crippen molar-refractivity contribution in [3.05, 3.63) is 59.4 Å². The number of carbonyl (C=O) groups is 1. The summed E-state index contributed by atoms with van der Waals surface area (Å²) >= 11 is 0. The molecular formula is C16H16FNO2. The molecule has 0 aliphatic rings. The number of amides is 1. The van der Waals surface area contributed by atoms with Crippen molar-refractivity contribution in [2.45, 2.75) is 13.8 Å². The Hall–Kier alpha value is -2.36. The van der Waals surface area contributed by atoms with Crippen LogP contribution in [-0.2, 0) is 0 Å². The Labute approximate surface area is 117 Å². The van der Waals surface area contributed by atoms with Crippen LogP contribution in [0, 0.1) is 12.7 Å². The molecule has 3 nitrogen and oxygen atoms in total. The van der Waals surface area contributed by atoms with Gasteiger partial charge in [0, 0.05) is 18.3 Å². The molecule has 2 aromatic carbocycles. The van der Waals surface area contributed by atoms with Crippen LogP contribution < -0.4 is 4.90 Å². The second kappa shape index (κ2) is 5.74. The molecule has 4 heteroatoms. The van der Waals surface area contributed by atoms with E-state index in [-0.39, 0.29) is 11.3 Å². The van der Waals surface area contributed by atoms with Gasteiger partial charge in [-0.05, 0) is 37.6 Å². The molecule has 0 radical (unpaired) electrons. The van der Waals surface area contributed by atoms with Crippen LogP contribution in [0.1, 0.15) is 22.8 Å². The first-order chi connectivity index (χ1) is 9.54. The van der Waals surface area contributed by atoms with Crippen molar-refractivity contribution >= 4 is 11.6 Å². The van der Waals surface area contributed by atoms with Gasteiger partial charge in [0.25, 0.3) is 5.91 Å². The number of carbonyl (C=O) groups excluding carboxylic acids is 1. The van der Waals surface area contributed by atoms with Crippen molar-refractivity contribution in [2.24, 2.45) is 0 Å². The van der Waals surface area contributed by atoms with Gasteiger partial charge >= 0.3 is 0 Å². The number of hydrogen-bond donors (Lipinski definition) is 1. The zero-order valence-corrected chi connectivity index (χ0v) is 11.4. The van der Waals surface area contributed by atoms with E-state index in [1.807, 2.05) is 38.1 Å². The van der Waals surface area contributed by atoms with Crippen LogP contribution in [0.2, 0.25) is 0 Å². The average molecular weight is 273 g/mol. The number of para-hydroxylation sites is 1. The van der Waals surface area contributed by atoms with Gasteiger partial charge in [0.05, 0.1) is 5.56 Å². The predicted molar refractivity (Wildman–Crippen MR) is 76.6 cm³/mol. The van der Waals surface area contributed by atoms with E-state index in [0.717, 1.165) is 17.3 Å². The molecule has 1 amide bonds. The maximum absolute atomic E-state index is 13.8. The monoisotopic (exact) mass is 273 g/mol. The topological polar surface area (TPSA) is 40.5 Å². The Morgan fingerprint density at radius 3 is 2.55 bits per heavy atom. The number of aromatic hydroxyl groups is 1. The number of aryl methyl sites for hydroxylation is 1. The third-order valence-electron chi connectivity index (χ3n) is 3.15. The zero-order chi connectivity index (χ0) is 14.7. The van der Waals surface area contributed by atoms with Crippen LogP contribution in [0.3, 0.4) is 0 Å². The molecule has 0 aromatic heterocycles. The van der Waals surface area contributed by atoms with Gasteiger partial charge in [-0.25, -0.2) is 4.39 Å². The molecule has 0 heterocycles. The number of benzene rings is 2. The first-order valence-electron chi connectivity index (χ1n) is 6.40. The Morgan fingerprint density at radius 1 is 1.25 bits per heavy atom. The number of phenols is 1. The van der Waals surface area contributed by atoms with Gasteiger partial charge < -0.3 is 10.0 Å². The number of anilines is 1. The summed E-state index contributed by atoms with van der Waals surface area (Å²) in [5.41, 5.74) is 1.65. The van der Waals surface area contributed by atoms with Crippen LogP contribution in [0.4, 0.5) is 10.1 Å². The summed E-state index contributed by atoms with van der Waals surface area (Å²) < 4.78 is 13.8. The maximum Gasteiger partial charge on any atom is 0.261 e. The molecule has 0 unspecified atom stereocenters. The van der Waals surface area contributed by atoms with Crippen LogP contribution in [0.25, 0.3) is 0 Å². The second-order valence-corrected chi connectivity index (χ2v) is 4.50. The fraction of sp³-hybridized carbons (Fsp3) is 0.188. The summed E-state index contributed by atoms with van der Waals surface area (Å²) in [7, 11) is 0. The van der Waals surface area contributed by atoms with Crippen molar-refractivity contribution in [1.29, 1.82) is 0 Å². The summed E-state index contributed by atoms with van der Waals surface area (Å²) in [4.78, 5) is 14.0. The van der Waals surface area contributed by atoms with E-state index in [4.69, 9.17) is 0 Å². The van der Waals surface area contributed by atoms with E-state index in [1.54, 1.807) is 0 Å². The van der Waals surface area contributed by atoms with Crippen molar-refractivity contribution in [2.75, 3.05) is 11.4 Å². The van der Waals surface area contributed by atoms with Gasteiger partial charge in [-0.15, -0.1) is 0 Å². The summed E-state index contributed by atoms with van der Waals surface area (Å²) in [6, 6.07) is 11.0. The molecule has 0 saturated heterocycles. The molecule has 0 atom stereocenters. The molecule has 20 heavy (non-hydrogen) atoms. The first kappa shape index (κ1) is 14.1. The number of rotatable bonds is 3. The number of halogens is 1. The van der Waals surface area contributed by atoms with E-state index < -0.39 is 11.7 Å². The lowest BCUT2D eigenvalue weighted by molar-refractivity contribution is 0.0984. The molecule has 0 aliphatic carbocycles. The lowest BCUT2D eigenvalue weighted by Gasteiger charge is -2.23. The Bertz CT molecular complexity index is 640. The van der Waals surface area contributed by atoms with E-state index in [0.29, 0.717) is 6.54 Å². The van der Waals surface area contributed by atoms with E-state index in [9.17, 15) is 14.3 Å². The van der Waals surface area contributed by atoms with Gasteiger partial charge in [0.2, 0.25) is 0 Å². The maximum atomic E-state index is 13.8. The highest BCUT2D eigenvalue weighted by atomic mass is 19.1. The molecule has 0 fully saturated rings. The molecule has 0 spiro atoms. The fourth-order valence-electron chi connectivity index (χ4n) is 2.11. The molecule has 0 aliphatic heterocycles. The largest absolute Gasteiger partial charge is 0.508 e. The number of nitrogens with zero attached hydrogens (tertiary/aromatic N) is 1. The molecule has 1 N–H and O–H groups in total. The lowest BCUT2D eigenvalue weighted by Crippen LogP contribution is -2.31. The van der Waals surface area contributed by atoms with Crippen LogP contribution in [0.15, 0.2) is 42.5 Å². The van der Waals surface area contributed by atoms with Gasteiger partial charge in [0.1, 0.15) is 11.6 Å². The highest BCUT2D eigenvalue weighted by Crippen LogP contribution is 2.23. The molecule has 0 bridgehead atoms. The van der Waals surface area contributed by atoms with E-state index in [1.165, 1.54) is 17.0 Å². The normalized spacial score (nSPS) is 10.3. The fourth-order valence-corrected chi connectivity index (χ4v) is 2.11. The highest BCUT2D eigenvalue weighted by molar-refractivity contribution is 6.06. The molecule has 0 saturated carbocycles. The average Bonchev–Trinajstić information content (AvgIpc) is 2.41. The summed E-state index contributed by atoms with van der Waals surface area (Å²) in [6.07, 6.45) is 0. The summed E-state index contributed by atoms with van der Waals surface area (Å²) in [5.74, 6) is -1.33. The third-order valence-corrected chi connectivity index (χ3v) is 3.15. The van der Waals surface area contributed by atoms with Crippen molar-refractivity contribution in [3.8, 4) is 5.75 Å². The summed E-state index contributed by atoms with van der Waals surface area (Å²) in [6.45, 7) is 4.17. The van der Waals surface area contributed by atoms with Gasteiger partial charge in [0.15, 0.2) is 0 Å². The number of phenolic OH excluding ortho intramolecular Hbond substituents is 1. The summed E-state index contributed by atoms with van der Waals surface area (Å²) in [5, 5.41) is 9.21. The quantitative estimate of drug-likeness (QED) is 0.929. The molecular weight excluding hydrogens is 257 g/mol. The van der Waals surface area contributed by atoms with Crippen LogP contribution in [0.5, 0.6) is 5.75 Å². The molecule has 2 aromatic rings. The lowest BCUT2D eigenvalue weighted by atomic mass is 10.1. The Kier molecular flexibility index (Phi) is 4.03. The van der Waals surface area contributed by atoms with Crippen molar-refractivity contribution < 1.29 is 14.3 Å². The zero-order valence-electron chi connectivity index (χ0n) is 11.4. The van der Waals surface area contributed by atoms with Crippen LogP contribution in [-0.4, -0.2) is 17.6 Å². The number of hydrogen-bond acceptors (Lipinski definition) is 2. The van der Waals surface area contributed by atoms with Crippen LogP contribution >= 0.6 is 0 Å². The predicted octanol–water partition coefficient (Wildman–Crippen LogP) is 3.51. The minimum Gasteiger partial charge on any atom is -0.508 e. The molecule has 104 valence electrons. The molecule has 2 rings (SSSR count). The minimum atomic E-state index is -0.720. The standard InChI is InChI=1S/C16H16FNO2/c1-3-18(15-7-5-4-6-11(15)2)16(20)13-9-8-12(19)10-14(13)17/h4-10,19H,3H2,1-2H3. The first-order valence-corrected chi connectivity index (χ1v) is 6.40. The van der Waals surface area contributed by atoms with Crippen molar-refractivity contribution in [3.63, 3.8) is 0 Å². The van der Waals surface area contributed by atoms with Crippen molar-refractivity contribution in [1.82, 2.24) is 0 Å². The SMILES string of the molecule is CCN(C(=O)c1ccc(O)cc1F)c1ccccc1C. The van der Waals surface area contributed by atoms with E-state index >= 15 is 0 Å². The van der Waals surface area contributed by atoms with Gasteiger partial charge in [-0.2, -0.15) is 0 Å². The Morgan fingerprint density at radius 2 is 1.95 bits per heavy atom.